The zero-order valence-corrected chi connectivity index (χ0v) is 29.7. The Morgan fingerprint density at radius 2 is 1.55 bits per heavy atom. The van der Waals surface area contributed by atoms with Crippen molar-refractivity contribution in [3.63, 3.8) is 0 Å². The van der Waals surface area contributed by atoms with Crippen LogP contribution in [0.5, 0.6) is 17.2 Å². The van der Waals surface area contributed by atoms with Crippen molar-refractivity contribution in [3.05, 3.63) is 80.8 Å². The van der Waals surface area contributed by atoms with Crippen molar-refractivity contribution in [1.82, 2.24) is 10.2 Å². The molecule has 0 bridgehead atoms. The number of fused-ring (bicyclic) bond motifs is 1. The second-order valence-corrected chi connectivity index (χ2v) is 12.6. The van der Waals surface area contributed by atoms with E-state index in [1.807, 2.05) is 0 Å². The summed E-state index contributed by atoms with van der Waals surface area (Å²) in [7, 11) is 4.29. The van der Waals surface area contributed by atoms with E-state index < -0.39 is 76.0 Å². The standard InChI is InChI=1S/C34H32Cl2F6N4O7/c1-45(2)28(47)18-11-12-19(23(15-18)51-3)17-46-22-16-24(52-30(49)33(37,38)39)26(36)27(53-31(50)34(40,41)42)25(22)32(29(46)48,44-14-8-4-7-13-43)20-9-5-6-10-21(20)35/h5-6,9-12,15-16,44H,4,7-8,13-14,17,43H2,1-3H3. The number of carbonyl (C=O) groups is 4. The molecule has 1 unspecified atom stereocenters. The van der Waals surface area contributed by atoms with E-state index in [2.05, 4.69) is 10.1 Å². The van der Waals surface area contributed by atoms with E-state index in [0.29, 0.717) is 25.8 Å². The maximum absolute atomic E-state index is 15.1. The van der Waals surface area contributed by atoms with Gasteiger partial charge in [-0.3, -0.25) is 14.9 Å². The van der Waals surface area contributed by atoms with E-state index in [9.17, 15) is 40.7 Å². The maximum Gasteiger partial charge on any atom is 0.491 e. The SMILES string of the molecule is COc1cc(C(=O)N(C)C)ccc1CN1C(=O)C(NCCCCCN)(c2ccccc2Cl)c2c1cc(OC(=O)C(F)(F)F)c(Cl)c2OC(=O)C(F)(F)F. The first-order chi connectivity index (χ1) is 24.8. The van der Waals surface area contributed by atoms with Crippen molar-refractivity contribution >= 4 is 52.6 Å². The average molecular weight is 794 g/mol. The van der Waals surface area contributed by atoms with Gasteiger partial charge in [0.15, 0.2) is 17.0 Å². The number of halogens is 8. The predicted molar refractivity (Wildman–Crippen MR) is 180 cm³/mol. The quantitative estimate of drug-likeness (QED) is 0.0904. The van der Waals surface area contributed by atoms with Gasteiger partial charge in [-0.25, -0.2) is 9.59 Å². The van der Waals surface area contributed by atoms with Crippen molar-refractivity contribution in [2.45, 2.75) is 43.7 Å². The monoisotopic (exact) mass is 792 g/mol. The molecule has 0 saturated carbocycles. The van der Waals surface area contributed by atoms with Crippen LogP contribution in [0.2, 0.25) is 10.0 Å². The van der Waals surface area contributed by atoms with Gasteiger partial charge in [0, 0.05) is 41.9 Å². The lowest BCUT2D eigenvalue weighted by Gasteiger charge is -2.32. The van der Waals surface area contributed by atoms with Crippen LogP contribution in [0.3, 0.4) is 0 Å². The molecule has 0 radical (unpaired) electrons. The lowest BCUT2D eigenvalue weighted by Crippen LogP contribution is -2.52. The Balaban J connectivity index is 2.09. The number of amides is 2. The fourth-order valence-corrected chi connectivity index (χ4v) is 6.16. The number of hydrogen-bond donors (Lipinski definition) is 2. The van der Waals surface area contributed by atoms with Crippen molar-refractivity contribution in [1.29, 1.82) is 0 Å². The summed E-state index contributed by atoms with van der Waals surface area (Å²) < 4.78 is 96.1. The molecule has 11 nitrogen and oxygen atoms in total. The van der Waals surface area contributed by atoms with Crippen molar-refractivity contribution < 1.29 is 59.7 Å². The molecule has 0 aliphatic carbocycles. The third kappa shape index (κ3) is 8.48. The molecule has 3 aromatic rings. The first-order valence-corrected chi connectivity index (χ1v) is 16.4. The highest BCUT2D eigenvalue weighted by Gasteiger charge is 2.57. The van der Waals surface area contributed by atoms with E-state index in [-0.39, 0.29) is 34.0 Å². The molecule has 53 heavy (non-hydrogen) atoms. The lowest BCUT2D eigenvalue weighted by atomic mass is 9.82. The van der Waals surface area contributed by atoms with Crippen LogP contribution in [0, 0.1) is 0 Å². The van der Waals surface area contributed by atoms with E-state index in [0.717, 1.165) is 11.0 Å². The Morgan fingerprint density at radius 3 is 2.13 bits per heavy atom. The molecule has 2 amide bonds. The Morgan fingerprint density at radius 1 is 0.906 bits per heavy atom. The van der Waals surface area contributed by atoms with E-state index in [1.165, 1.54) is 68.6 Å². The molecule has 3 N–H and O–H groups in total. The number of ether oxygens (including phenoxy) is 3. The normalized spacial score (nSPS) is 15.6. The minimum Gasteiger partial charge on any atom is -0.496 e. The lowest BCUT2D eigenvalue weighted by molar-refractivity contribution is -0.190. The van der Waals surface area contributed by atoms with Crippen molar-refractivity contribution in [3.8, 4) is 17.2 Å². The molecule has 0 fully saturated rings. The van der Waals surface area contributed by atoms with Crippen LogP contribution in [0.15, 0.2) is 48.5 Å². The number of anilines is 1. The number of nitrogens with two attached hydrogens (primary N) is 1. The summed E-state index contributed by atoms with van der Waals surface area (Å²) in [5.74, 6) is -9.40. The summed E-state index contributed by atoms with van der Waals surface area (Å²) >= 11 is 13.0. The fourth-order valence-electron chi connectivity index (χ4n) is 5.66. The van der Waals surface area contributed by atoms with Gasteiger partial charge in [-0.1, -0.05) is 53.9 Å². The largest absolute Gasteiger partial charge is 0.496 e. The van der Waals surface area contributed by atoms with Crippen LogP contribution >= 0.6 is 23.2 Å². The van der Waals surface area contributed by atoms with Crippen LogP contribution in [0.4, 0.5) is 32.0 Å². The number of hydrogen-bond acceptors (Lipinski definition) is 9. The second-order valence-electron chi connectivity index (χ2n) is 11.8. The number of alkyl halides is 6. The first-order valence-electron chi connectivity index (χ1n) is 15.6. The highest BCUT2D eigenvalue weighted by atomic mass is 35.5. The zero-order chi connectivity index (χ0) is 39.5. The Bertz CT molecular complexity index is 1910. The summed E-state index contributed by atoms with van der Waals surface area (Å²) in [4.78, 5) is 54.3. The number of unbranched alkanes of at least 4 members (excludes halogenated alkanes) is 2. The smallest absolute Gasteiger partial charge is 0.491 e. The first kappa shape index (κ1) is 41.2. The molecule has 0 spiro atoms. The van der Waals surface area contributed by atoms with Gasteiger partial charge >= 0.3 is 24.3 Å². The summed E-state index contributed by atoms with van der Waals surface area (Å²) in [6, 6.07) is 10.6. The number of nitrogens with one attached hydrogen (secondary N) is 1. The molecule has 0 aromatic heterocycles. The molecule has 1 aliphatic rings. The van der Waals surface area contributed by atoms with Gasteiger partial charge in [-0.2, -0.15) is 26.3 Å². The summed E-state index contributed by atoms with van der Waals surface area (Å²) in [5.41, 5.74) is 2.60. The third-order valence-corrected chi connectivity index (χ3v) is 8.76. The fraction of sp³-hybridized carbons (Fsp3) is 0.353. The number of rotatable bonds is 13. The van der Waals surface area contributed by atoms with E-state index in [4.69, 9.17) is 38.4 Å². The van der Waals surface area contributed by atoms with Crippen molar-refractivity contribution in [2.24, 2.45) is 5.73 Å². The molecule has 1 atom stereocenters. The van der Waals surface area contributed by atoms with Crippen LogP contribution in [-0.4, -0.2) is 75.3 Å². The molecule has 1 aliphatic heterocycles. The molecule has 1 heterocycles. The van der Waals surface area contributed by atoms with Crippen molar-refractivity contribution in [2.75, 3.05) is 39.2 Å². The number of nitrogens with zero attached hydrogens (tertiary/aromatic N) is 2. The van der Waals surface area contributed by atoms with Crippen LogP contribution in [0.1, 0.15) is 46.3 Å². The highest BCUT2D eigenvalue weighted by molar-refractivity contribution is 6.35. The summed E-state index contributed by atoms with van der Waals surface area (Å²) in [5, 5.41) is 1.78. The Hall–Kier alpha value is -4.58. The van der Waals surface area contributed by atoms with Gasteiger partial charge in [-0.15, -0.1) is 0 Å². The minimum atomic E-state index is -5.67. The van der Waals surface area contributed by atoms with Gasteiger partial charge in [0.1, 0.15) is 10.8 Å². The van der Waals surface area contributed by atoms with Gasteiger partial charge in [0.2, 0.25) is 0 Å². The second kappa shape index (κ2) is 16.2. The topological polar surface area (TPSA) is 141 Å². The van der Waals surface area contributed by atoms with Gasteiger partial charge in [0.25, 0.3) is 11.8 Å². The molecule has 0 saturated heterocycles. The molecule has 19 heteroatoms. The predicted octanol–water partition coefficient (Wildman–Crippen LogP) is 6.15. The highest BCUT2D eigenvalue weighted by Crippen LogP contribution is 2.56. The van der Waals surface area contributed by atoms with Gasteiger partial charge < -0.3 is 29.7 Å². The number of esters is 2. The Kier molecular flexibility index (Phi) is 12.6. The summed E-state index contributed by atoms with van der Waals surface area (Å²) in [6.07, 6.45) is -9.82. The Labute approximate surface area is 308 Å². The van der Waals surface area contributed by atoms with Gasteiger partial charge in [-0.05, 0) is 44.1 Å². The number of methoxy groups -OCH3 is 1. The summed E-state index contributed by atoms with van der Waals surface area (Å²) in [6.45, 7) is -0.198. The molecular weight excluding hydrogens is 761 g/mol. The molecule has 286 valence electrons. The molecule has 4 rings (SSSR count). The molecular formula is C34H32Cl2F6N4O7. The van der Waals surface area contributed by atoms with Gasteiger partial charge in [0.05, 0.1) is 24.9 Å². The zero-order valence-electron chi connectivity index (χ0n) is 28.2. The van der Waals surface area contributed by atoms with E-state index in [1.54, 1.807) is 0 Å². The molecule has 3 aromatic carbocycles. The van der Waals surface area contributed by atoms with Crippen LogP contribution in [-0.2, 0) is 26.5 Å². The average Bonchev–Trinajstić information content (AvgIpc) is 3.31. The number of benzene rings is 3. The number of carbonyl (C=O) groups excluding carboxylic acids is 4. The minimum absolute atomic E-state index is 0.0238. The van der Waals surface area contributed by atoms with Crippen LogP contribution < -0.4 is 30.2 Å². The van der Waals surface area contributed by atoms with Crippen LogP contribution in [0.25, 0.3) is 0 Å². The van der Waals surface area contributed by atoms with E-state index >= 15 is 4.79 Å². The maximum atomic E-state index is 15.1. The third-order valence-electron chi connectivity index (χ3n) is 8.08.